The van der Waals surface area contributed by atoms with Gasteiger partial charge in [0.15, 0.2) is 29.1 Å². The van der Waals surface area contributed by atoms with Crippen molar-refractivity contribution in [2.45, 2.75) is 6.11 Å². The number of hydrogen-bond acceptors (Lipinski definition) is 1. The van der Waals surface area contributed by atoms with Gasteiger partial charge in [0.1, 0.15) is 17.1 Å². The first-order valence-electron chi connectivity index (χ1n) is 7.66. The van der Waals surface area contributed by atoms with Crippen molar-refractivity contribution in [2.24, 2.45) is 0 Å². The van der Waals surface area contributed by atoms with Crippen LogP contribution in [0.5, 0.6) is 5.75 Å². The zero-order valence-electron chi connectivity index (χ0n) is 13.9. The fraction of sp³-hybridized carbons (Fsp3) is 0.0526. The lowest BCUT2D eigenvalue weighted by Crippen LogP contribution is -2.24. The molecule has 0 atom stereocenters. The average molecular weight is 483 g/mol. The van der Waals surface area contributed by atoms with E-state index in [1.165, 1.54) is 0 Å². The predicted molar refractivity (Wildman–Crippen MR) is 90.3 cm³/mol. The summed E-state index contributed by atoms with van der Waals surface area (Å²) in [7, 11) is 0. The summed E-state index contributed by atoms with van der Waals surface area (Å²) in [6.07, 6.45) is -4.37. The zero-order chi connectivity index (χ0) is 21.5. The third-order valence-corrected chi connectivity index (χ3v) is 4.44. The van der Waals surface area contributed by atoms with Crippen molar-refractivity contribution < 1.29 is 39.9 Å². The molecule has 0 amide bonds. The molecule has 3 rings (SSSR count). The molecule has 0 saturated carbocycles. The molecule has 3 aromatic rings. The Morgan fingerprint density at radius 2 is 1.31 bits per heavy atom. The smallest absolute Gasteiger partial charge is 0.429 e. The van der Waals surface area contributed by atoms with Crippen LogP contribution in [-0.4, -0.2) is 0 Å². The molecule has 0 fully saturated rings. The fourth-order valence-electron chi connectivity index (χ4n) is 2.46. The van der Waals surface area contributed by atoms with Crippen molar-refractivity contribution in [3.05, 3.63) is 87.4 Å². The molecule has 0 heterocycles. The van der Waals surface area contributed by atoms with Crippen LogP contribution in [0.3, 0.4) is 0 Å². The summed E-state index contributed by atoms with van der Waals surface area (Å²) in [4.78, 5) is 0. The molecule has 0 radical (unpaired) electrons. The Morgan fingerprint density at radius 1 is 0.690 bits per heavy atom. The Kier molecular flexibility index (Phi) is 5.57. The van der Waals surface area contributed by atoms with Crippen LogP contribution in [0.15, 0.2) is 46.9 Å². The predicted octanol–water partition coefficient (Wildman–Crippen LogP) is 7.08. The second-order valence-corrected chi connectivity index (χ2v) is 6.59. The van der Waals surface area contributed by atoms with E-state index in [4.69, 9.17) is 0 Å². The van der Waals surface area contributed by atoms with Crippen molar-refractivity contribution in [2.75, 3.05) is 0 Å². The van der Waals surface area contributed by atoms with Gasteiger partial charge in [-0.05, 0) is 57.9 Å². The summed E-state index contributed by atoms with van der Waals surface area (Å²) in [5.41, 5.74) is -2.25. The Bertz CT molecular complexity index is 1080. The maximum absolute atomic E-state index is 14.3. The highest BCUT2D eigenvalue weighted by Crippen LogP contribution is 2.37. The maximum atomic E-state index is 14.3. The average Bonchev–Trinajstić information content (AvgIpc) is 2.63. The lowest BCUT2D eigenvalue weighted by Gasteiger charge is -2.19. The van der Waals surface area contributed by atoms with Crippen LogP contribution in [0.1, 0.15) is 5.56 Å². The van der Waals surface area contributed by atoms with Crippen LogP contribution in [0.25, 0.3) is 11.1 Å². The van der Waals surface area contributed by atoms with Gasteiger partial charge in [-0.2, -0.15) is 8.78 Å². The van der Waals surface area contributed by atoms with Gasteiger partial charge >= 0.3 is 6.11 Å². The first kappa shape index (κ1) is 21.1. The molecule has 0 saturated heterocycles. The van der Waals surface area contributed by atoms with Gasteiger partial charge in [0.25, 0.3) is 0 Å². The third kappa shape index (κ3) is 4.07. The molecule has 29 heavy (non-hydrogen) atoms. The SMILES string of the molecule is Fc1cc(OC(F)(F)c2ccc(Br)c(F)c2F)ccc1-c1cc(F)c(F)c(F)c1. The summed E-state index contributed by atoms with van der Waals surface area (Å²) in [5, 5.41) is 0. The topological polar surface area (TPSA) is 9.23 Å². The molecule has 10 heteroatoms. The van der Waals surface area contributed by atoms with E-state index in [-0.39, 0.29) is 4.47 Å². The van der Waals surface area contributed by atoms with Gasteiger partial charge in [-0.15, -0.1) is 0 Å². The van der Waals surface area contributed by atoms with Gasteiger partial charge in [0, 0.05) is 11.6 Å². The minimum Gasteiger partial charge on any atom is -0.429 e. The first-order valence-corrected chi connectivity index (χ1v) is 8.46. The highest BCUT2D eigenvalue weighted by atomic mass is 79.9. The maximum Gasteiger partial charge on any atom is 0.429 e. The lowest BCUT2D eigenvalue weighted by molar-refractivity contribution is -0.187. The molecular formula is C19H7BrF8O. The van der Waals surface area contributed by atoms with Crippen molar-refractivity contribution in [1.82, 2.24) is 0 Å². The number of hydrogen-bond donors (Lipinski definition) is 0. The summed E-state index contributed by atoms with van der Waals surface area (Å²) in [6, 6.07) is 4.58. The van der Waals surface area contributed by atoms with E-state index >= 15 is 0 Å². The van der Waals surface area contributed by atoms with E-state index in [1.807, 2.05) is 0 Å². The van der Waals surface area contributed by atoms with E-state index in [1.54, 1.807) is 0 Å². The quantitative estimate of drug-likeness (QED) is 0.285. The van der Waals surface area contributed by atoms with Crippen molar-refractivity contribution >= 4 is 15.9 Å². The van der Waals surface area contributed by atoms with Crippen molar-refractivity contribution in [3.8, 4) is 16.9 Å². The van der Waals surface area contributed by atoms with Gasteiger partial charge in [0.05, 0.1) is 4.47 Å². The van der Waals surface area contributed by atoms with E-state index < -0.39 is 63.5 Å². The van der Waals surface area contributed by atoms with Crippen LogP contribution in [0.2, 0.25) is 0 Å². The number of ether oxygens (including phenoxy) is 1. The molecule has 3 aromatic carbocycles. The Labute approximate surface area is 166 Å². The Balaban J connectivity index is 1.94. The van der Waals surface area contributed by atoms with Crippen LogP contribution in [0.4, 0.5) is 35.1 Å². The standard InChI is InChI=1S/C19H7BrF8O/c20-12-4-3-11(16(24)17(12)25)19(27,28)29-9-1-2-10(13(21)7-9)8-5-14(22)18(26)15(23)6-8/h1-7H. The molecule has 0 aliphatic carbocycles. The van der Waals surface area contributed by atoms with Crippen molar-refractivity contribution in [1.29, 1.82) is 0 Å². The third-order valence-electron chi connectivity index (χ3n) is 3.83. The van der Waals surface area contributed by atoms with Gasteiger partial charge in [0.2, 0.25) is 0 Å². The van der Waals surface area contributed by atoms with Gasteiger partial charge in [-0.25, -0.2) is 26.3 Å². The summed E-state index contributed by atoms with van der Waals surface area (Å²) in [5.74, 6) is -10.3. The second kappa shape index (κ2) is 7.66. The monoisotopic (exact) mass is 482 g/mol. The Hall–Kier alpha value is -2.62. The van der Waals surface area contributed by atoms with Crippen LogP contribution < -0.4 is 4.74 Å². The molecule has 0 unspecified atom stereocenters. The number of alkyl halides is 2. The largest absolute Gasteiger partial charge is 0.429 e. The van der Waals surface area contributed by atoms with Gasteiger partial charge in [-0.1, -0.05) is 0 Å². The Morgan fingerprint density at radius 3 is 1.90 bits per heavy atom. The van der Waals surface area contributed by atoms with Crippen LogP contribution >= 0.6 is 15.9 Å². The summed E-state index contributed by atoms with van der Waals surface area (Å²) in [6.45, 7) is 0. The molecule has 0 spiro atoms. The highest BCUT2D eigenvalue weighted by molar-refractivity contribution is 9.10. The van der Waals surface area contributed by atoms with Gasteiger partial charge < -0.3 is 4.74 Å². The van der Waals surface area contributed by atoms with Crippen LogP contribution in [-0.2, 0) is 6.11 Å². The minimum atomic E-state index is -4.37. The van der Waals surface area contributed by atoms with Gasteiger partial charge in [-0.3, -0.25) is 0 Å². The molecular weight excluding hydrogens is 476 g/mol. The molecule has 0 aliphatic heterocycles. The molecule has 0 aliphatic rings. The highest BCUT2D eigenvalue weighted by Gasteiger charge is 2.39. The van der Waals surface area contributed by atoms with Crippen molar-refractivity contribution in [3.63, 3.8) is 0 Å². The molecule has 0 bridgehead atoms. The normalized spacial score (nSPS) is 11.6. The lowest BCUT2D eigenvalue weighted by atomic mass is 10.0. The number of benzene rings is 3. The van der Waals surface area contributed by atoms with E-state index in [2.05, 4.69) is 20.7 Å². The summed E-state index contributed by atoms with van der Waals surface area (Å²) < 4.78 is 114. The molecule has 0 aromatic heterocycles. The van der Waals surface area contributed by atoms with E-state index in [9.17, 15) is 35.1 Å². The molecule has 152 valence electrons. The second-order valence-electron chi connectivity index (χ2n) is 5.74. The minimum absolute atomic E-state index is 0.385. The zero-order valence-corrected chi connectivity index (χ0v) is 15.4. The van der Waals surface area contributed by atoms with Crippen LogP contribution in [0, 0.1) is 34.9 Å². The molecule has 0 N–H and O–H groups in total. The first-order chi connectivity index (χ1) is 13.5. The van der Waals surface area contributed by atoms with E-state index in [0.29, 0.717) is 24.3 Å². The number of halogens is 9. The number of rotatable bonds is 4. The summed E-state index contributed by atoms with van der Waals surface area (Å²) >= 11 is 2.64. The fourth-order valence-corrected chi connectivity index (χ4v) is 2.76. The van der Waals surface area contributed by atoms with E-state index in [0.717, 1.165) is 18.2 Å². The molecule has 1 nitrogen and oxygen atoms in total.